The first-order chi connectivity index (χ1) is 11.3. The van der Waals surface area contributed by atoms with E-state index in [0.717, 1.165) is 0 Å². The van der Waals surface area contributed by atoms with Crippen LogP contribution in [-0.4, -0.2) is 36.5 Å². The standard InChI is InChI=1S/C14H13F3N6O/c1-22(8-12-21-20-11-4-2-3-5-23(11)12)7-10-18-9(14(15,16)17)6-13(24)19-10/h2-6H,7-8H2,1H3,(H,18,19,24). The van der Waals surface area contributed by atoms with Crippen LogP contribution in [0.25, 0.3) is 5.65 Å². The third-order valence-corrected chi connectivity index (χ3v) is 3.30. The van der Waals surface area contributed by atoms with Crippen LogP contribution in [0, 0.1) is 0 Å². The number of pyridine rings is 1. The van der Waals surface area contributed by atoms with Gasteiger partial charge in [-0.3, -0.25) is 14.1 Å². The molecule has 7 nitrogen and oxygen atoms in total. The Balaban J connectivity index is 1.79. The maximum Gasteiger partial charge on any atom is 0.433 e. The second kappa shape index (κ2) is 6.04. The van der Waals surface area contributed by atoms with Gasteiger partial charge in [0.1, 0.15) is 5.82 Å². The first-order valence-electron chi connectivity index (χ1n) is 6.97. The zero-order chi connectivity index (χ0) is 17.3. The first kappa shape index (κ1) is 16.1. The minimum atomic E-state index is -4.66. The Bertz CT molecular complexity index is 917. The highest BCUT2D eigenvalue weighted by Gasteiger charge is 2.33. The molecule has 1 N–H and O–H groups in total. The number of aromatic nitrogens is 5. The molecule has 0 aliphatic heterocycles. The number of halogens is 3. The van der Waals surface area contributed by atoms with Gasteiger partial charge in [-0.1, -0.05) is 6.07 Å². The van der Waals surface area contributed by atoms with E-state index in [9.17, 15) is 18.0 Å². The SMILES string of the molecule is CN(Cc1nc(C(F)(F)F)cc(=O)[nH]1)Cc1nnc2ccccn12. The highest BCUT2D eigenvalue weighted by molar-refractivity contribution is 5.36. The van der Waals surface area contributed by atoms with E-state index in [1.807, 2.05) is 12.1 Å². The Hall–Kier alpha value is -2.75. The van der Waals surface area contributed by atoms with Crippen LogP contribution in [0.15, 0.2) is 35.3 Å². The van der Waals surface area contributed by atoms with Gasteiger partial charge in [0, 0.05) is 12.3 Å². The van der Waals surface area contributed by atoms with Crippen molar-refractivity contribution in [3.63, 3.8) is 0 Å². The van der Waals surface area contributed by atoms with Crippen LogP contribution < -0.4 is 5.56 Å². The molecule has 0 atom stereocenters. The molecule has 0 saturated heterocycles. The molecule has 126 valence electrons. The van der Waals surface area contributed by atoms with Gasteiger partial charge in [-0.25, -0.2) is 4.98 Å². The summed E-state index contributed by atoms with van der Waals surface area (Å²) in [5, 5.41) is 8.05. The van der Waals surface area contributed by atoms with Gasteiger partial charge in [-0.05, 0) is 19.2 Å². The normalized spacial score (nSPS) is 12.2. The number of nitrogens with one attached hydrogen (secondary N) is 1. The number of hydrogen-bond donors (Lipinski definition) is 1. The van der Waals surface area contributed by atoms with Crippen LogP contribution in [0.5, 0.6) is 0 Å². The average Bonchev–Trinajstić information content (AvgIpc) is 2.89. The molecule has 24 heavy (non-hydrogen) atoms. The number of rotatable bonds is 4. The van der Waals surface area contributed by atoms with Crippen LogP contribution in [0.4, 0.5) is 13.2 Å². The second-order valence-corrected chi connectivity index (χ2v) is 5.29. The van der Waals surface area contributed by atoms with Crippen molar-refractivity contribution >= 4 is 5.65 Å². The van der Waals surface area contributed by atoms with Gasteiger partial charge in [0.25, 0.3) is 5.56 Å². The molecule has 0 aromatic carbocycles. The second-order valence-electron chi connectivity index (χ2n) is 5.29. The van der Waals surface area contributed by atoms with Crippen molar-refractivity contribution in [2.45, 2.75) is 19.3 Å². The lowest BCUT2D eigenvalue weighted by Crippen LogP contribution is -2.24. The monoisotopic (exact) mass is 338 g/mol. The van der Waals surface area contributed by atoms with Gasteiger partial charge in [0.2, 0.25) is 0 Å². The van der Waals surface area contributed by atoms with Gasteiger partial charge in [0.05, 0.1) is 13.1 Å². The summed E-state index contributed by atoms with van der Waals surface area (Å²) >= 11 is 0. The number of aromatic amines is 1. The van der Waals surface area contributed by atoms with Crippen molar-refractivity contribution in [3.8, 4) is 0 Å². The Morgan fingerprint density at radius 1 is 1.25 bits per heavy atom. The maximum atomic E-state index is 12.7. The molecule has 3 rings (SSSR count). The molecule has 3 aromatic rings. The molecule has 0 amide bonds. The summed E-state index contributed by atoms with van der Waals surface area (Å²) in [6.45, 7) is 0.353. The summed E-state index contributed by atoms with van der Waals surface area (Å²) in [6.07, 6.45) is -2.87. The quantitative estimate of drug-likeness (QED) is 0.779. The third-order valence-electron chi connectivity index (χ3n) is 3.30. The van der Waals surface area contributed by atoms with Crippen molar-refractivity contribution < 1.29 is 13.2 Å². The molecule has 0 spiro atoms. The molecule has 3 aromatic heterocycles. The van der Waals surface area contributed by atoms with Crippen LogP contribution >= 0.6 is 0 Å². The lowest BCUT2D eigenvalue weighted by Gasteiger charge is -2.15. The summed E-state index contributed by atoms with van der Waals surface area (Å²) in [4.78, 5) is 18.9. The predicted octanol–water partition coefficient (Wildman–Crippen LogP) is 1.46. The lowest BCUT2D eigenvalue weighted by atomic mass is 10.3. The molecular weight excluding hydrogens is 325 g/mol. The number of fused-ring (bicyclic) bond motifs is 1. The average molecular weight is 338 g/mol. The van der Waals surface area contributed by atoms with E-state index in [1.165, 1.54) is 0 Å². The van der Waals surface area contributed by atoms with Gasteiger partial charge in [-0.15, -0.1) is 10.2 Å². The smallest absolute Gasteiger partial charge is 0.309 e. The number of nitrogens with zero attached hydrogens (tertiary/aromatic N) is 5. The summed E-state index contributed by atoms with van der Waals surface area (Å²) in [5.41, 5.74) is -1.37. The number of H-pyrrole nitrogens is 1. The maximum absolute atomic E-state index is 12.7. The lowest BCUT2D eigenvalue weighted by molar-refractivity contribution is -0.141. The fourth-order valence-electron chi connectivity index (χ4n) is 2.28. The Morgan fingerprint density at radius 2 is 2.04 bits per heavy atom. The van der Waals surface area contributed by atoms with E-state index in [1.54, 1.807) is 28.6 Å². The molecule has 3 heterocycles. The molecule has 0 fully saturated rings. The largest absolute Gasteiger partial charge is 0.433 e. The molecule has 0 aliphatic rings. The van der Waals surface area contributed by atoms with E-state index < -0.39 is 17.4 Å². The Kier molecular flexibility index (Phi) is 4.06. The highest BCUT2D eigenvalue weighted by atomic mass is 19.4. The summed E-state index contributed by atoms with van der Waals surface area (Å²) in [7, 11) is 1.68. The fourth-order valence-corrected chi connectivity index (χ4v) is 2.28. The molecule has 10 heteroatoms. The van der Waals surface area contributed by atoms with Crippen molar-refractivity contribution in [1.82, 2.24) is 29.5 Å². The Morgan fingerprint density at radius 3 is 2.79 bits per heavy atom. The number of hydrogen-bond acceptors (Lipinski definition) is 5. The summed E-state index contributed by atoms with van der Waals surface area (Å²) in [6, 6.07) is 5.89. The molecule has 0 saturated carbocycles. The van der Waals surface area contributed by atoms with Gasteiger partial charge in [0.15, 0.2) is 17.2 Å². The summed E-state index contributed by atoms with van der Waals surface area (Å²) in [5.74, 6) is 0.563. The van der Waals surface area contributed by atoms with Crippen molar-refractivity contribution in [2.75, 3.05) is 7.05 Å². The highest BCUT2D eigenvalue weighted by Crippen LogP contribution is 2.26. The van der Waals surface area contributed by atoms with Crippen molar-refractivity contribution in [3.05, 3.63) is 58.2 Å². The molecule has 0 unspecified atom stereocenters. The predicted molar refractivity (Wildman–Crippen MR) is 78.0 cm³/mol. The van der Waals surface area contributed by atoms with Crippen molar-refractivity contribution in [2.24, 2.45) is 0 Å². The van der Waals surface area contributed by atoms with Crippen molar-refractivity contribution in [1.29, 1.82) is 0 Å². The zero-order valence-corrected chi connectivity index (χ0v) is 12.6. The molecule has 0 radical (unpaired) electrons. The van der Waals surface area contributed by atoms with Gasteiger partial charge < -0.3 is 4.98 Å². The molecule has 0 aliphatic carbocycles. The fraction of sp³-hybridized carbons (Fsp3) is 0.286. The van der Waals surface area contributed by atoms with E-state index in [-0.39, 0.29) is 12.4 Å². The van der Waals surface area contributed by atoms with Crippen LogP contribution in [0.3, 0.4) is 0 Å². The minimum absolute atomic E-state index is 0.0287. The van der Waals surface area contributed by atoms with Crippen LogP contribution in [0.1, 0.15) is 17.3 Å². The van der Waals surface area contributed by atoms with Gasteiger partial charge >= 0.3 is 6.18 Å². The first-order valence-corrected chi connectivity index (χ1v) is 6.97. The van der Waals surface area contributed by atoms with E-state index in [4.69, 9.17) is 0 Å². The molecular formula is C14H13F3N6O. The van der Waals surface area contributed by atoms with E-state index in [0.29, 0.717) is 24.1 Å². The molecule has 0 bridgehead atoms. The third kappa shape index (κ3) is 3.43. The summed E-state index contributed by atoms with van der Waals surface area (Å²) < 4.78 is 39.9. The minimum Gasteiger partial charge on any atom is -0.309 e. The van der Waals surface area contributed by atoms with Gasteiger partial charge in [-0.2, -0.15) is 13.2 Å². The van der Waals surface area contributed by atoms with E-state index >= 15 is 0 Å². The van der Waals surface area contributed by atoms with E-state index in [2.05, 4.69) is 20.2 Å². The topological polar surface area (TPSA) is 79.2 Å². The van der Waals surface area contributed by atoms with Crippen LogP contribution in [0.2, 0.25) is 0 Å². The van der Waals surface area contributed by atoms with Crippen LogP contribution in [-0.2, 0) is 19.3 Å². The zero-order valence-electron chi connectivity index (χ0n) is 12.6. The Labute approximate surface area is 133 Å². The number of alkyl halides is 3.